The van der Waals surface area contributed by atoms with Crippen LogP contribution in [0.15, 0.2) is 69.9 Å². The summed E-state index contributed by atoms with van der Waals surface area (Å²) in [5.74, 6) is 1.70. The van der Waals surface area contributed by atoms with Gasteiger partial charge in [0.1, 0.15) is 5.58 Å². The monoisotopic (exact) mass is 360 g/mol. The van der Waals surface area contributed by atoms with Crippen molar-refractivity contribution in [2.24, 2.45) is 0 Å². The summed E-state index contributed by atoms with van der Waals surface area (Å²) in [6.07, 6.45) is 0. The largest absolute Gasteiger partial charge is 0.422 e. The van der Waals surface area contributed by atoms with Crippen LogP contribution in [0.1, 0.15) is 22.3 Å². The average molecular weight is 360 g/mol. The minimum atomic E-state index is -0.271. The Morgan fingerprint density at radius 1 is 0.846 bits per heavy atom. The predicted octanol–water partition coefficient (Wildman–Crippen LogP) is 6.00. The lowest BCUT2D eigenvalue weighted by atomic mass is 10.0. The molecule has 26 heavy (non-hydrogen) atoms. The number of aryl methyl sites for hydroxylation is 2. The maximum atomic E-state index is 12.0. The van der Waals surface area contributed by atoms with Crippen LogP contribution in [0.3, 0.4) is 0 Å². The first-order valence-corrected chi connectivity index (χ1v) is 9.86. The highest BCUT2D eigenvalue weighted by Gasteiger charge is 2.10. The number of benzene rings is 3. The second-order valence-corrected chi connectivity index (χ2v) is 7.59. The number of hydrogen-bond donors (Lipinski definition) is 0. The van der Waals surface area contributed by atoms with E-state index >= 15 is 0 Å². The molecule has 0 saturated carbocycles. The summed E-state index contributed by atoms with van der Waals surface area (Å²) in [6, 6.07) is 20.7. The van der Waals surface area contributed by atoms with E-state index in [0.717, 1.165) is 39.2 Å². The predicted molar refractivity (Wildman–Crippen MR) is 111 cm³/mol. The van der Waals surface area contributed by atoms with Crippen LogP contribution in [0.25, 0.3) is 21.7 Å². The van der Waals surface area contributed by atoms with Crippen LogP contribution in [0, 0.1) is 13.8 Å². The molecular weight excluding hydrogens is 340 g/mol. The Bertz CT molecular complexity index is 1150. The van der Waals surface area contributed by atoms with Gasteiger partial charge in [-0.15, -0.1) is 0 Å². The number of fused-ring (bicyclic) bond motifs is 2. The van der Waals surface area contributed by atoms with Crippen molar-refractivity contribution in [3.05, 3.63) is 93.3 Å². The summed E-state index contributed by atoms with van der Waals surface area (Å²) >= 11 is 1.83. The molecule has 0 saturated heterocycles. The fourth-order valence-corrected chi connectivity index (χ4v) is 4.37. The Balaban J connectivity index is 1.62. The van der Waals surface area contributed by atoms with Crippen molar-refractivity contribution < 1.29 is 4.42 Å². The van der Waals surface area contributed by atoms with Gasteiger partial charge in [-0.05, 0) is 46.9 Å². The molecule has 4 rings (SSSR count). The Hall–Kier alpha value is -2.52. The van der Waals surface area contributed by atoms with Gasteiger partial charge in [-0.1, -0.05) is 54.6 Å². The normalized spacial score (nSPS) is 11.3. The summed E-state index contributed by atoms with van der Waals surface area (Å²) in [6.45, 7) is 4.05. The van der Waals surface area contributed by atoms with Crippen LogP contribution >= 0.6 is 11.8 Å². The number of thioether (sulfide) groups is 1. The molecule has 0 amide bonds. The summed E-state index contributed by atoms with van der Waals surface area (Å²) in [5.41, 5.74) is 5.00. The zero-order valence-corrected chi connectivity index (χ0v) is 15.7. The first-order chi connectivity index (χ1) is 12.6. The highest BCUT2D eigenvalue weighted by molar-refractivity contribution is 7.97. The van der Waals surface area contributed by atoms with E-state index in [-0.39, 0.29) is 5.63 Å². The summed E-state index contributed by atoms with van der Waals surface area (Å²) < 4.78 is 5.47. The second kappa shape index (κ2) is 7.00. The molecule has 0 aliphatic rings. The van der Waals surface area contributed by atoms with Gasteiger partial charge in [0, 0.05) is 23.0 Å². The number of rotatable bonds is 4. The van der Waals surface area contributed by atoms with Crippen LogP contribution in [0.4, 0.5) is 0 Å². The third-order valence-electron chi connectivity index (χ3n) is 4.91. The fourth-order valence-electron chi connectivity index (χ4n) is 3.33. The molecule has 0 N–H and O–H groups in total. The molecule has 0 unspecified atom stereocenters. The molecule has 0 aliphatic carbocycles. The lowest BCUT2D eigenvalue weighted by Gasteiger charge is -2.10. The van der Waals surface area contributed by atoms with Gasteiger partial charge in [0.25, 0.3) is 0 Å². The maximum Gasteiger partial charge on any atom is 0.336 e. The van der Waals surface area contributed by atoms with E-state index in [9.17, 15) is 4.79 Å². The topological polar surface area (TPSA) is 30.2 Å². The highest BCUT2D eigenvalue weighted by Crippen LogP contribution is 2.28. The van der Waals surface area contributed by atoms with Crippen LogP contribution in [0.2, 0.25) is 0 Å². The zero-order valence-electron chi connectivity index (χ0n) is 14.9. The molecule has 0 radical (unpaired) electrons. The first-order valence-electron chi connectivity index (χ1n) is 8.71. The molecule has 2 nitrogen and oxygen atoms in total. The lowest BCUT2D eigenvalue weighted by Crippen LogP contribution is -2.01. The molecule has 0 aliphatic heterocycles. The van der Waals surface area contributed by atoms with Gasteiger partial charge < -0.3 is 4.42 Å². The average Bonchev–Trinajstić information content (AvgIpc) is 2.65. The molecule has 0 atom stereocenters. The van der Waals surface area contributed by atoms with E-state index in [1.165, 1.54) is 16.3 Å². The van der Waals surface area contributed by atoms with Crippen LogP contribution < -0.4 is 5.63 Å². The fraction of sp³-hybridized carbons (Fsp3) is 0.174. The van der Waals surface area contributed by atoms with Crippen molar-refractivity contribution in [3.8, 4) is 0 Å². The van der Waals surface area contributed by atoms with Gasteiger partial charge in [-0.3, -0.25) is 0 Å². The second-order valence-electron chi connectivity index (χ2n) is 6.61. The van der Waals surface area contributed by atoms with E-state index < -0.39 is 0 Å². The molecule has 1 heterocycles. The van der Waals surface area contributed by atoms with E-state index in [2.05, 4.69) is 54.6 Å². The molecular formula is C23H20O2S. The van der Waals surface area contributed by atoms with Crippen molar-refractivity contribution in [2.45, 2.75) is 25.4 Å². The van der Waals surface area contributed by atoms with Crippen molar-refractivity contribution in [2.75, 3.05) is 0 Å². The molecule has 3 aromatic carbocycles. The smallest absolute Gasteiger partial charge is 0.336 e. The van der Waals surface area contributed by atoms with Crippen molar-refractivity contribution >= 4 is 33.5 Å². The Labute approximate surface area is 156 Å². The van der Waals surface area contributed by atoms with Gasteiger partial charge in [0.05, 0.1) is 0 Å². The third-order valence-corrected chi connectivity index (χ3v) is 5.94. The minimum Gasteiger partial charge on any atom is -0.422 e. The first kappa shape index (κ1) is 16.9. The van der Waals surface area contributed by atoms with Crippen LogP contribution in [-0.4, -0.2) is 0 Å². The quantitative estimate of drug-likeness (QED) is 0.418. The van der Waals surface area contributed by atoms with Gasteiger partial charge in [0.15, 0.2) is 0 Å². The zero-order chi connectivity index (χ0) is 18.1. The standard InChI is InChI=1S/C23H20O2S/c1-15-10-11-21-19(12-22(24)25-23(21)16(15)2)14-26-13-18-8-5-7-17-6-3-4-9-20(17)18/h3-12H,13-14H2,1-2H3. The van der Waals surface area contributed by atoms with Crippen molar-refractivity contribution in [3.63, 3.8) is 0 Å². The Morgan fingerprint density at radius 2 is 1.62 bits per heavy atom. The highest BCUT2D eigenvalue weighted by atomic mass is 32.2. The van der Waals surface area contributed by atoms with Gasteiger partial charge in [-0.25, -0.2) is 4.79 Å². The van der Waals surface area contributed by atoms with Gasteiger partial charge in [-0.2, -0.15) is 11.8 Å². The molecule has 1 aromatic heterocycles. The van der Waals surface area contributed by atoms with Crippen molar-refractivity contribution in [1.82, 2.24) is 0 Å². The van der Waals surface area contributed by atoms with E-state index in [0.29, 0.717) is 0 Å². The molecule has 4 aromatic rings. The van der Waals surface area contributed by atoms with E-state index in [1.807, 2.05) is 25.6 Å². The third kappa shape index (κ3) is 3.15. The van der Waals surface area contributed by atoms with Gasteiger partial charge in [0.2, 0.25) is 0 Å². The molecule has 130 valence electrons. The van der Waals surface area contributed by atoms with Crippen LogP contribution in [-0.2, 0) is 11.5 Å². The minimum absolute atomic E-state index is 0.271. The van der Waals surface area contributed by atoms with Crippen LogP contribution in [0.5, 0.6) is 0 Å². The SMILES string of the molecule is Cc1ccc2c(CSCc3cccc4ccccc34)cc(=O)oc2c1C. The molecule has 0 spiro atoms. The van der Waals surface area contributed by atoms with Crippen molar-refractivity contribution in [1.29, 1.82) is 0 Å². The molecule has 0 bridgehead atoms. The molecule has 3 heteroatoms. The van der Waals surface area contributed by atoms with Gasteiger partial charge >= 0.3 is 5.63 Å². The van der Waals surface area contributed by atoms with E-state index in [4.69, 9.17) is 4.42 Å². The Morgan fingerprint density at radius 3 is 2.50 bits per heavy atom. The molecule has 0 fully saturated rings. The Kier molecular flexibility index (Phi) is 4.56. The maximum absolute atomic E-state index is 12.0. The summed E-state index contributed by atoms with van der Waals surface area (Å²) in [4.78, 5) is 12.0. The van der Waals surface area contributed by atoms with E-state index in [1.54, 1.807) is 6.07 Å². The lowest BCUT2D eigenvalue weighted by molar-refractivity contribution is 0.557. The summed E-state index contributed by atoms with van der Waals surface area (Å²) in [7, 11) is 0. The number of hydrogen-bond acceptors (Lipinski definition) is 3. The summed E-state index contributed by atoms with van der Waals surface area (Å²) in [5, 5.41) is 3.60.